The molecule has 0 aromatic heterocycles. The van der Waals surface area contributed by atoms with E-state index >= 15 is 0 Å². The number of methoxy groups -OCH3 is 1. The smallest absolute Gasteiger partial charge is 0.334 e. The standard InChI is InChI=1S/C31H43N3O7/c1-39-21-22-40-24-30(37)32-19-8-7-13-28(35)33-20-18-31(38)41-34-29(36)23-27-16-14-26(15-17-27)12-6-5-11-25-9-3-2-4-10-25/h2-4,9-10,14-17H,5-8,11-13,18-24H2,1H3,(H,32,37)(H,33,35)(H,34,36). The molecular formula is C31H43N3O7. The monoisotopic (exact) mass is 569 g/mol. The second-order valence-electron chi connectivity index (χ2n) is 9.64. The van der Waals surface area contributed by atoms with Crippen LogP contribution in [0.4, 0.5) is 0 Å². The number of hydrogen-bond donors (Lipinski definition) is 3. The first-order chi connectivity index (χ1) is 20.0. The minimum Gasteiger partial charge on any atom is -0.382 e. The Labute approximate surface area is 242 Å². The van der Waals surface area contributed by atoms with E-state index in [-0.39, 0.29) is 44.2 Å². The molecule has 2 rings (SSSR count). The second-order valence-corrected chi connectivity index (χ2v) is 9.64. The summed E-state index contributed by atoms with van der Waals surface area (Å²) in [6, 6.07) is 18.3. The molecule has 0 heterocycles. The van der Waals surface area contributed by atoms with Crippen molar-refractivity contribution in [3.05, 3.63) is 71.3 Å². The number of amides is 3. The van der Waals surface area contributed by atoms with Crippen LogP contribution < -0.4 is 16.1 Å². The molecule has 0 bridgehead atoms. The molecule has 3 amide bonds. The molecule has 0 aliphatic rings. The third kappa shape index (κ3) is 16.8. The van der Waals surface area contributed by atoms with Crippen molar-refractivity contribution >= 4 is 23.7 Å². The highest BCUT2D eigenvalue weighted by molar-refractivity contribution is 5.80. The Bertz CT molecular complexity index is 1050. The molecule has 0 aliphatic carbocycles. The quantitative estimate of drug-likeness (QED) is 0.165. The summed E-state index contributed by atoms with van der Waals surface area (Å²) in [5, 5.41) is 5.35. The molecule has 0 radical (unpaired) electrons. The van der Waals surface area contributed by atoms with Crippen molar-refractivity contribution in [3.8, 4) is 0 Å². The number of unbranched alkanes of at least 4 members (excludes halogenated alkanes) is 2. The predicted octanol–water partition coefficient (Wildman–Crippen LogP) is 2.82. The van der Waals surface area contributed by atoms with Crippen LogP contribution in [0.3, 0.4) is 0 Å². The molecule has 0 atom stereocenters. The first kappa shape index (κ1) is 33.4. The largest absolute Gasteiger partial charge is 0.382 e. The van der Waals surface area contributed by atoms with Crippen molar-refractivity contribution in [2.75, 3.05) is 40.0 Å². The number of carbonyl (C=O) groups excluding carboxylic acids is 4. The van der Waals surface area contributed by atoms with Crippen molar-refractivity contribution in [1.82, 2.24) is 16.1 Å². The highest BCUT2D eigenvalue weighted by Crippen LogP contribution is 2.11. The van der Waals surface area contributed by atoms with Gasteiger partial charge < -0.3 is 24.9 Å². The normalized spacial score (nSPS) is 10.6. The Kier molecular flexibility index (Phi) is 17.2. The summed E-state index contributed by atoms with van der Waals surface area (Å²) >= 11 is 0. The van der Waals surface area contributed by atoms with E-state index < -0.39 is 11.9 Å². The lowest BCUT2D eigenvalue weighted by atomic mass is 10.0. The number of aryl methyl sites for hydroxylation is 2. The molecule has 2 aromatic rings. The first-order valence-corrected chi connectivity index (χ1v) is 14.2. The van der Waals surface area contributed by atoms with Gasteiger partial charge in [-0.2, -0.15) is 5.48 Å². The van der Waals surface area contributed by atoms with Crippen LogP contribution in [0.15, 0.2) is 54.6 Å². The number of benzene rings is 2. The van der Waals surface area contributed by atoms with E-state index in [9.17, 15) is 19.2 Å². The van der Waals surface area contributed by atoms with Crippen LogP contribution in [-0.2, 0) is 52.8 Å². The summed E-state index contributed by atoms with van der Waals surface area (Å²) in [5.41, 5.74) is 5.57. The molecule has 3 N–H and O–H groups in total. The van der Waals surface area contributed by atoms with E-state index in [2.05, 4.69) is 40.4 Å². The molecule has 0 spiro atoms. The fourth-order valence-corrected chi connectivity index (χ4v) is 3.90. The van der Waals surface area contributed by atoms with Crippen LogP contribution in [0.1, 0.15) is 55.2 Å². The SMILES string of the molecule is COCCOCC(=O)NCCCCC(=O)NCCC(=O)ONC(=O)Cc1ccc(CCCCc2ccccc2)cc1. The van der Waals surface area contributed by atoms with Gasteiger partial charge in [-0.05, 0) is 55.2 Å². The van der Waals surface area contributed by atoms with Crippen LogP contribution in [0.5, 0.6) is 0 Å². The van der Waals surface area contributed by atoms with Gasteiger partial charge in [0.2, 0.25) is 11.8 Å². The zero-order valence-electron chi connectivity index (χ0n) is 24.0. The maximum atomic E-state index is 12.1. The van der Waals surface area contributed by atoms with Gasteiger partial charge in [-0.25, -0.2) is 4.79 Å². The number of hydrogen-bond acceptors (Lipinski definition) is 7. The maximum Gasteiger partial charge on any atom is 0.334 e. The Morgan fingerprint density at radius 3 is 2.02 bits per heavy atom. The van der Waals surface area contributed by atoms with E-state index in [4.69, 9.17) is 14.3 Å². The second kappa shape index (κ2) is 21.0. The highest BCUT2D eigenvalue weighted by atomic mass is 16.7. The maximum absolute atomic E-state index is 12.1. The van der Waals surface area contributed by atoms with Crippen LogP contribution in [0.2, 0.25) is 0 Å². The number of ether oxygens (including phenoxy) is 2. The molecule has 0 unspecified atom stereocenters. The third-order valence-electron chi connectivity index (χ3n) is 6.16. The molecule has 0 fully saturated rings. The summed E-state index contributed by atoms with van der Waals surface area (Å²) in [7, 11) is 1.56. The van der Waals surface area contributed by atoms with E-state index in [1.807, 2.05) is 30.3 Å². The number of hydroxylamine groups is 1. The van der Waals surface area contributed by atoms with Gasteiger partial charge in [0.25, 0.3) is 5.91 Å². The fourth-order valence-electron chi connectivity index (χ4n) is 3.90. The molecule has 224 valence electrons. The number of carbonyl (C=O) groups is 4. The van der Waals surface area contributed by atoms with E-state index in [1.165, 1.54) is 11.1 Å². The molecular weight excluding hydrogens is 526 g/mol. The van der Waals surface area contributed by atoms with E-state index in [1.54, 1.807) is 7.11 Å². The topological polar surface area (TPSA) is 132 Å². The van der Waals surface area contributed by atoms with Gasteiger partial charge in [0.15, 0.2) is 0 Å². The van der Waals surface area contributed by atoms with E-state index in [0.29, 0.717) is 32.6 Å². The summed E-state index contributed by atoms with van der Waals surface area (Å²) in [6.45, 7) is 1.32. The minimum atomic E-state index is -0.639. The van der Waals surface area contributed by atoms with E-state index in [0.717, 1.165) is 31.2 Å². The average Bonchev–Trinajstić information content (AvgIpc) is 2.97. The molecule has 10 heteroatoms. The third-order valence-corrected chi connectivity index (χ3v) is 6.16. The van der Waals surface area contributed by atoms with Crippen LogP contribution in [0, 0.1) is 0 Å². The Morgan fingerprint density at radius 2 is 1.32 bits per heavy atom. The lowest BCUT2D eigenvalue weighted by molar-refractivity contribution is -0.158. The Morgan fingerprint density at radius 1 is 0.659 bits per heavy atom. The lowest BCUT2D eigenvalue weighted by Crippen LogP contribution is -2.31. The van der Waals surface area contributed by atoms with Crippen molar-refractivity contribution in [2.45, 2.75) is 57.8 Å². The zero-order chi connectivity index (χ0) is 29.5. The van der Waals surface area contributed by atoms with Crippen LogP contribution >= 0.6 is 0 Å². The molecule has 41 heavy (non-hydrogen) atoms. The number of nitrogens with one attached hydrogen (secondary N) is 3. The highest BCUT2D eigenvalue weighted by Gasteiger charge is 2.09. The summed E-state index contributed by atoms with van der Waals surface area (Å²) in [6.07, 6.45) is 5.81. The van der Waals surface area contributed by atoms with Gasteiger partial charge >= 0.3 is 5.97 Å². The minimum absolute atomic E-state index is 0.0241. The van der Waals surface area contributed by atoms with Gasteiger partial charge in [-0.1, -0.05) is 54.6 Å². The first-order valence-electron chi connectivity index (χ1n) is 14.2. The van der Waals surface area contributed by atoms with Crippen molar-refractivity contribution in [1.29, 1.82) is 0 Å². The fraction of sp³-hybridized carbons (Fsp3) is 0.484. The molecule has 2 aromatic carbocycles. The van der Waals surface area contributed by atoms with Crippen molar-refractivity contribution < 1.29 is 33.5 Å². The average molecular weight is 570 g/mol. The van der Waals surface area contributed by atoms with Crippen LogP contribution in [-0.4, -0.2) is 63.7 Å². The van der Waals surface area contributed by atoms with Gasteiger partial charge in [-0.3, -0.25) is 14.4 Å². The summed E-state index contributed by atoms with van der Waals surface area (Å²) in [5.74, 6) is -1.47. The van der Waals surface area contributed by atoms with Gasteiger partial charge in [-0.15, -0.1) is 0 Å². The lowest BCUT2D eigenvalue weighted by Gasteiger charge is -2.08. The van der Waals surface area contributed by atoms with Crippen molar-refractivity contribution in [2.24, 2.45) is 0 Å². The predicted molar refractivity (Wildman–Crippen MR) is 155 cm³/mol. The zero-order valence-corrected chi connectivity index (χ0v) is 24.0. The van der Waals surface area contributed by atoms with Crippen molar-refractivity contribution in [3.63, 3.8) is 0 Å². The van der Waals surface area contributed by atoms with Gasteiger partial charge in [0.1, 0.15) is 6.61 Å². The molecule has 0 aliphatic heterocycles. The van der Waals surface area contributed by atoms with Gasteiger partial charge in [0, 0.05) is 26.6 Å². The Hall–Kier alpha value is -3.76. The molecule has 0 saturated carbocycles. The Balaban J connectivity index is 1.47. The van der Waals surface area contributed by atoms with Gasteiger partial charge in [0.05, 0.1) is 26.1 Å². The molecule has 10 nitrogen and oxygen atoms in total. The summed E-state index contributed by atoms with van der Waals surface area (Å²) < 4.78 is 9.94. The molecule has 0 saturated heterocycles. The summed E-state index contributed by atoms with van der Waals surface area (Å²) in [4.78, 5) is 52.3. The van der Waals surface area contributed by atoms with Crippen LogP contribution in [0.25, 0.3) is 0 Å². The number of rotatable bonds is 20.